The first kappa shape index (κ1) is 8.02. The maximum absolute atomic E-state index is 3.54. The van der Waals surface area contributed by atoms with Gasteiger partial charge in [-0.05, 0) is 19.2 Å². The molecule has 0 aromatic rings. The first-order valence-electron chi connectivity index (χ1n) is 3.09. The molecule has 0 rings (SSSR count). The van der Waals surface area contributed by atoms with Crippen LogP contribution in [0.5, 0.6) is 0 Å². The molecule has 0 fully saturated rings. The summed E-state index contributed by atoms with van der Waals surface area (Å²) in [4.78, 5) is 0. The molecule has 0 saturated heterocycles. The van der Waals surface area contributed by atoms with Crippen LogP contribution in [0.3, 0.4) is 0 Å². The highest BCUT2D eigenvalue weighted by Crippen LogP contribution is 1.74. The Balaban J connectivity index is 3.23. The molecule has 9 heavy (non-hydrogen) atoms. The van der Waals surface area contributed by atoms with E-state index in [1.165, 1.54) is 0 Å². The van der Waals surface area contributed by atoms with Gasteiger partial charge in [0.25, 0.3) is 0 Å². The second-order valence-corrected chi connectivity index (χ2v) is 1.54. The predicted molar refractivity (Wildman–Crippen MR) is 42.2 cm³/mol. The molecule has 50 valence electrons. The molecule has 0 aromatic carbocycles. The van der Waals surface area contributed by atoms with Crippen molar-refractivity contribution in [1.82, 2.24) is 5.32 Å². The fourth-order valence-corrected chi connectivity index (χ4v) is 0.384. The molecule has 0 aliphatic carbocycles. The largest absolute Gasteiger partial charge is 0.391 e. The van der Waals surface area contributed by atoms with Crippen LogP contribution >= 0.6 is 0 Å². The van der Waals surface area contributed by atoms with Gasteiger partial charge in [-0.2, -0.15) is 0 Å². The van der Waals surface area contributed by atoms with Crippen molar-refractivity contribution in [3.8, 4) is 0 Å². The molecule has 0 aromatic heterocycles. The van der Waals surface area contributed by atoms with Crippen LogP contribution in [-0.4, -0.2) is 6.54 Å². The number of hydrogen-bond donors (Lipinski definition) is 1. The molecule has 0 unspecified atom stereocenters. The Morgan fingerprint density at radius 1 is 1.33 bits per heavy atom. The predicted octanol–water partition coefficient (Wildman–Crippen LogP) is 1.85. The summed E-state index contributed by atoms with van der Waals surface area (Å²) >= 11 is 0. The third kappa shape index (κ3) is 7.02. The molecule has 0 saturated carbocycles. The monoisotopic (exact) mass is 123 g/mol. The Labute approximate surface area is 56.8 Å². The molecule has 1 heteroatoms. The summed E-state index contributed by atoms with van der Waals surface area (Å²) in [6.07, 6.45) is 9.39. The molecule has 0 aliphatic rings. The number of rotatable bonds is 4. The summed E-state index contributed by atoms with van der Waals surface area (Å²) in [5, 5.41) is 3.04. The molecule has 0 amide bonds. The Hall–Kier alpha value is -0.980. The van der Waals surface area contributed by atoms with Gasteiger partial charge in [-0.15, -0.1) is 0 Å². The standard InChI is InChI=1S/C8H13N/c1-3-5-6-7-8-9-4-2/h3,5-9H,1,4H2,2H3/b6-5-,8-7+. The number of nitrogens with one attached hydrogen (secondary N) is 1. The lowest BCUT2D eigenvalue weighted by molar-refractivity contribution is 0.919. The SMILES string of the molecule is C=C/C=C\C=C\NCC. The summed E-state index contributed by atoms with van der Waals surface area (Å²) in [6.45, 7) is 6.57. The van der Waals surface area contributed by atoms with Gasteiger partial charge < -0.3 is 5.32 Å². The molecule has 1 nitrogen and oxygen atoms in total. The summed E-state index contributed by atoms with van der Waals surface area (Å²) in [5.41, 5.74) is 0. The topological polar surface area (TPSA) is 12.0 Å². The van der Waals surface area contributed by atoms with E-state index in [0.29, 0.717) is 0 Å². The lowest BCUT2D eigenvalue weighted by Gasteiger charge is -1.86. The lowest BCUT2D eigenvalue weighted by Crippen LogP contribution is -2.00. The van der Waals surface area contributed by atoms with E-state index in [1.807, 2.05) is 24.4 Å². The minimum absolute atomic E-state index is 0.971. The van der Waals surface area contributed by atoms with E-state index in [0.717, 1.165) is 6.54 Å². The van der Waals surface area contributed by atoms with E-state index in [2.05, 4.69) is 18.8 Å². The van der Waals surface area contributed by atoms with Gasteiger partial charge >= 0.3 is 0 Å². The van der Waals surface area contributed by atoms with E-state index in [4.69, 9.17) is 0 Å². The fourth-order valence-electron chi connectivity index (χ4n) is 0.384. The Morgan fingerprint density at radius 3 is 2.67 bits per heavy atom. The molecular weight excluding hydrogens is 110 g/mol. The molecule has 0 radical (unpaired) electrons. The quantitative estimate of drug-likeness (QED) is 0.562. The number of hydrogen-bond acceptors (Lipinski definition) is 1. The summed E-state index contributed by atoms with van der Waals surface area (Å²) in [6, 6.07) is 0. The molecule has 0 bridgehead atoms. The van der Waals surface area contributed by atoms with Crippen LogP contribution in [0.15, 0.2) is 37.1 Å². The van der Waals surface area contributed by atoms with Crippen LogP contribution in [-0.2, 0) is 0 Å². The van der Waals surface area contributed by atoms with Gasteiger partial charge in [0, 0.05) is 6.54 Å². The maximum Gasteiger partial charge on any atom is 0.0113 e. The van der Waals surface area contributed by atoms with Crippen molar-refractivity contribution in [2.45, 2.75) is 6.92 Å². The summed E-state index contributed by atoms with van der Waals surface area (Å²) in [7, 11) is 0. The average molecular weight is 123 g/mol. The highest BCUT2D eigenvalue weighted by atomic mass is 14.8. The van der Waals surface area contributed by atoms with Gasteiger partial charge in [0.05, 0.1) is 0 Å². The zero-order chi connectivity index (χ0) is 6.95. The Kier molecular flexibility index (Phi) is 6.26. The van der Waals surface area contributed by atoms with Crippen molar-refractivity contribution in [3.05, 3.63) is 37.1 Å². The average Bonchev–Trinajstić information content (AvgIpc) is 1.89. The molecular formula is C8H13N. The maximum atomic E-state index is 3.54. The van der Waals surface area contributed by atoms with Gasteiger partial charge in [0.2, 0.25) is 0 Å². The lowest BCUT2D eigenvalue weighted by atomic mass is 10.5. The Morgan fingerprint density at radius 2 is 2.11 bits per heavy atom. The van der Waals surface area contributed by atoms with Gasteiger partial charge in [0.15, 0.2) is 0 Å². The van der Waals surface area contributed by atoms with Crippen LogP contribution in [0.25, 0.3) is 0 Å². The van der Waals surface area contributed by atoms with Crippen molar-refractivity contribution < 1.29 is 0 Å². The van der Waals surface area contributed by atoms with Crippen molar-refractivity contribution in [3.63, 3.8) is 0 Å². The van der Waals surface area contributed by atoms with Gasteiger partial charge in [-0.25, -0.2) is 0 Å². The van der Waals surface area contributed by atoms with E-state index < -0.39 is 0 Å². The second-order valence-electron chi connectivity index (χ2n) is 1.54. The zero-order valence-electron chi connectivity index (χ0n) is 5.80. The van der Waals surface area contributed by atoms with Crippen LogP contribution in [0.2, 0.25) is 0 Å². The van der Waals surface area contributed by atoms with Gasteiger partial charge in [-0.3, -0.25) is 0 Å². The molecule has 0 spiro atoms. The van der Waals surface area contributed by atoms with E-state index >= 15 is 0 Å². The van der Waals surface area contributed by atoms with Crippen LogP contribution in [0.4, 0.5) is 0 Å². The fraction of sp³-hybridized carbons (Fsp3) is 0.250. The highest BCUT2D eigenvalue weighted by molar-refractivity contribution is 5.08. The third-order valence-electron chi connectivity index (χ3n) is 0.777. The second kappa shape index (κ2) is 7.02. The third-order valence-corrected chi connectivity index (χ3v) is 0.777. The van der Waals surface area contributed by atoms with Crippen LogP contribution < -0.4 is 5.32 Å². The molecule has 0 heterocycles. The smallest absolute Gasteiger partial charge is 0.0113 e. The zero-order valence-corrected chi connectivity index (χ0v) is 5.80. The van der Waals surface area contributed by atoms with E-state index in [1.54, 1.807) is 6.08 Å². The van der Waals surface area contributed by atoms with Crippen molar-refractivity contribution in [1.29, 1.82) is 0 Å². The van der Waals surface area contributed by atoms with Crippen molar-refractivity contribution in [2.24, 2.45) is 0 Å². The van der Waals surface area contributed by atoms with Crippen molar-refractivity contribution >= 4 is 0 Å². The number of allylic oxidation sites excluding steroid dienone is 4. The first-order chi connectivity index (χ1) is 4.41. The summed E-state index contributed by atoms with van der Waals surface area (Å²) in [5.74, 6) is 0. The minimum Gasteiger partial charge on any atom is -0.391 e. The Bertz CT molecular complexity index is 112. The van der Waals surface area contributed by atoms with Crippen LogP contribution in [0, 0.1) is 0 Å². The minimum atomic E-state index is 0.971. The molecule has 1 N–H and O–H groups in total. The van der Waals surface area contributed by atoms with E-state index in [-0.39, 0.29) is 0 Å². The highest BCUT2D eigenvalue weighted by Gasteiger charge is 1.62. The molecule has 0 aliphatic heterocycles. The molecule has 0 atom stereocenters. The van der Waals surface area contributed by atoms with Crippen LogP contribution in [0.1, 0.15) is 6.92 Å². The van der Waals surface area contributed by atoms with E-state index in [9.17, 15) is 0 Å². The summed E-state index contributed by atoms with van der Waals surface area (Å²) < 4.78 is 0. The van der Waals surface area contributed by atoms with Gasteiger partial charge in [-0.1, -0.05) is 24.8 Å². The van der Waals surface area contributed by atoms with Crippen molar-refractivity contribution in [2.75, 3.05) is 6.54 Å². The normalized spacial score (nSPS) is 10.8. The van der Waals surface area contributed by atoms with Gasteiger partial charge in [0.1, 0.15) is 0 Å². The first-order valence-corrected chi connectivity index (χ1v) is 3.09.